The molecule has 1 aliphatic rings. The average Bonchev–Trinajstić information content (AvgIpc) is 2.33. The zero-order valence-corrected chi connectivity index (χ0v) is 10.3. The maximum absolute atomic E-state index is 13.1. The van der Waals surface area contributed by atoms with E-state index in [2.05, 4.69) is 22.0 Å². The molecule has 2 rings (SSSR count). The van der Waals surface area contributed by atoms with Crippen molar-refractivity contribution in [3.05, 3.63) is 34.1 Å². The molecule has 2 nitrogen and oxygen atoms in total. The van der Waals surface area contributed by atoms with E-state index in [1.54, 1.807) is 12.1 Å². The fourth-order valence-electron chi connectivity index (χ4n) is 1.97. The van der Waals surface area contributed by atoms with Crippen LogP contribution in [0.5, 0.6) is 0 Å². The Balaban J connectivity index is 2.40. The quantitative estimate of drug-likeness (QED) is 0.793. The fourth-order valence-corrected chi connectivity index (χ4v) is 2.35. The Morgan fingerprint density at radius 2 is 2.31 bits per heavy atom. The van der Waals surface area contributed by atoms with Crippen molar-refractivity contribution in [1.82, 2.24) is 0 Å². The molecule has 0 saturated carbocycles. The van der Waals surface area contributed by atoms with Gasteiger partial charge in [0.2, 0.25) is 0 Å². The van der Waals surface area contributed by atoms with Crippen LogP contribution in [0, 0.1) is 17.1 Å². The van der Waals surface area contributed by atoms with Crippen molar-refractivity contribution in [2.24, 2.45) is 0 Å². The first kappa shape index (κ1) is 11.6. The van der Waals surface area contributed by atoms with Crippen molar-refractivity contribution in [2.75, 3.05) is 13.2 Å². The molecule has 16 heavy (non-hydrogen) atoms. The number of hydrogen-bond acceptors (Lipinski definition) is 2. The Morgan fingerprint density at radius 3 is 2.88 bits per heavy atom. The van der Waals surface area contributed by atoms with Crippen LogP contribution < -0.4 is 0 Å². The number of halogens is 2. The van der Waals surface area contributed by atoms with Gasteiger partial charge in [-0.05, 0) is 46.5 Å². The van der Waals surface area contributed by atoms with Gasteiger partial charge in [0.15, 0.2) is 0 Å². The summed E-state index contributed by atoms with van der Waals surface area (Å²) in [6.07, 6.45) is 1.63. The molecular weight excluding hydrogens is 273 g/mol. The van der Waals surface area contributed by atoms with Gasteiger partial charge in [0.1, 0.15) is 11.2 Å². The van der Waals surface area contributed by atoms with Crippen molar-refractivity contribution >= 4 is 15.9 Å². The summed E-state index contributed by atoms with van der Waals surface area (Å²) in [5.74, 6) is -0.312. The first-order valence-electron chi connectivity index (χ1n) is 5.12. The van der Waals surface area contributed by atoms with E-state index in [1.807, 2.05) is 0 Å². The lowest BCUT2D eigenvalue weighted by molar-refractivity contribution is 0.0562. The van der Waals surface area contributed by atoms with Gasteiger partial charge in [-0.15, -0.1) is 0 Å². The van der Waals surface area contributed by atoms with Gasteiger partial charge in [0.25, 0.3) is 0 Å². The first-order chi connectivity index (χ1) is 7.68. The Hall–Kier alpha value is -0.920. The van der Waals surface area contributed by atoms with Gasteiger partial charge in [-0.25, -0.2) is 4.39 Å². The number of nitrogens with zero attached hydrogens (tertiary/aromatic N) is 1. The molecular formula is C12H11BrFNO. The molecule has 1 unspecified atom stereocenters. The number of benzene rings is 1. The smallest absolute Gasteiger partial charge is 0.137 e. The molecule has 0 aliphatic carbocycles. The lowest BCUT2D eigenvalue weighted by Gasteiger charge is -2.31. The van der Waals surface area contributed by atoms with Crippen LogP contribution in [-0.2, 0) is 10.2 Å². The molecule has 0 amide bonds. The third-order valence-electron chi connectivity index (χ3n) is 2.93. The Morgan fingerprint density at radius 1 is 1.50 bits per heavy atom. The summed E-state index contributed by atoms with van der Waals surface area (Å²) >= 11 is 3.14. The Labute approximate surface area is 102 Å². The lowest BCUT2D eigenvalue weighted by atomic mass is 9.77. The molecule has 1 aromatic carbocycles. The monoisotopic (exact) mass is 283 g/mol. The van der Waals surface area contributed by atoms with Crippen LogP contribution in [0.4, 0.5) is 4.39 Å². The molecule has 84 valence electrons. The fraction of sp³-hybridized carbons (Fsp3) is 0.417. The molecule has 1 heterocycles. The van der Waals surface area contributed by atoms with Crippen molar-refractivity contribution in [3.63, 3.8) is 0 Å². The van der Waals surface area contributed by atoms with Crippen LogP contribution in [0.3, 0.4) is 0 Å². The minimum Gasteiger partial charge on any atom is -0.379 e. The molecule has 0 aromatic heterocycles. The molecule has 0 spiro atoms. The zero-order valence-electron chi connectivity index (χ0n) is 8.67. The third-order valence-corrected chi connectivity index (χ3v) is 3.53. The highest BCUT2D eigenvalue weighted by Gasteiger charge is 2.35. The molecule has 1 atom stereocenters. The molecule has 1 saturated heterocycles. The van der Waals surface area contributed by atoms with Crippen LogP contribution in [0.15, 0.2) is 22.7 Å². The molecule has 4 heteroatoms. The summed E-state index contributed by atoms with van der Waals surface area (Å²) in [4.78, 5) is 0. The normalized spacial score (nSPS) is 25.1. The number of nitriles is 1. The summed E-state index contributed by atoms with van der Waals surface area (Å²) in [5, 5.41) is 9.32. The van der Waals surface area contributed by atoms with Crippen LogP contribution in [0.1, 0.15) is 18.4 Å². The van der Waals surface area contributed by atoms with E-state index in [0.717, 1.165) is 18.4 Å². The van der Waals surface area contributed by atoms with Crippen LogP contribution in [-0.4, -0.2) is 13.2 Å². The van der Waals surface area contributed by atoms with Crippen LogP contribution >= 0.6 is 15.9 Å². The van der Waals surface area contributed by atoms with Gasteiger partial charge in [0.05, 0.1) is 17.1 Å². The summed E-state index contributed by atoms with van der Waals surface area (Å²) in [6, 6.07) is 7.03. The standard InChI is InChI=1S/C12H11BrFNO/c13-10-6-9(2-3-11(10)14)12(7-15)4-1-5-16-8-12/h2-3,6H,1,4-5,8H2. The topological polar surface area (TPSA) is 33.0 Å². The third kappa shape index (κ3) is 1.98. The highest BCUT2D eigenvalue weighted by molar-refractivity contribution is 9.10. The summed E-state index contributed by atoms with van der Waals surface area (Å²) in [5.41, 5.74) is 0.206. The van der Waals surface area contributed by atoms with Crippen molar-refractivity contribution < 1.29 is 9.13 Å². The van der Waals surface area contributed by atoms with Crippen LogP contribution in [0.2, 0.25) is 0 Å². The van der Waals surface area contributed by atoms with E-state index < -0.39 is 5.41 Å². The van der Waals surface area contributed by atoms with Gasteiger partial charge >= 0.3 is 0 Å². The van der Waals surface area contributed by atoms with E-state index >= 15 is 0 Å². The highest BCUT2D eigenvalue weighted by atomic mass is 79.9. The zero-order chi connectivity index (χ0) is 11.6. The second-order valence-electron chi connectivity index (χ2n) is 3.98. The summed E-state index contributed by atoms with van der Waals surface area (Å²) in [7, 11) is 0. The molecule has 0 N–H and O–H groups in total. The predicted molar refractivity (Wildman–Crippen MR) is 61.4 cm³/mol. The maximum Gasteiger partial charge on any atom is 0.137 e. The molecule has 1 fully saturated rings. The lowest BCUT2D eigenvalue weighted by Crippen LogP contribution is -2.34. The Kier molecular flexibility index (Phi) is 3.27. The van der Waals surface area contributed by atoms with Gasteiger partial charge in [0, 0.05) is 6.61 Å². The van der Waals surface area contributed by atoms with E-state index in [1.165, 1.54) is 6.07 Å². The average molecular weight is 284 g/mol. The van der Waals surface area contributed by atoms with E-state index in [4.69, 9.17) is 4.74 Å². The molecule has 0 bridgehead atoms. The van der Waals surface area contributed by atoms with E-state index in [9.17, 15) is 9.65 Å². The summed E-state index contributed by atoms with van der Waals surface area (Å²) < 4.78 is 18.9. The minimum atomic E-state index is -0.617. The summed E-state index contributed by atoms with van der Waals surface area (Å²) in [6.45, 7) is 1.09. The molecule has 1 aliphatic heterocycles. The van der Waals surface area contributed by atoms with Gasteiger partial charge in [-0.2, -0.15) is 5.26 Å². The van der Waals surface area contributed by atoms with Gasteiger partial charge < -0.3 is 4.74 Å². The van der Waals surface area contributed by atoms with E-state index in [0.29, 0.717) is 17.7 Å². The number of hydrogen-bond donors (Lipinski definition) is 0. The number of ether oxygens (including phenoxy) is 1. The number of rotatable bonds is 1. The minimum absolute atomic E-state index is 0.312. The SMILES string of the molecule is N#CC1(c2ccc(F)c(Br)c2)CCCOC1. The molecule has 1 aromatic rings. The van der Waals surface area contributed by atoms with Crippen molar-refractivity contribution in [1.29, 1.82) is 5.26 Å². The Bertz CT molecular complexity index is 435. The predicted octanol–water partition coefficient (Wildman–Crippen LogP) is 3.16. The largest absolute Gasteiger partial charge is 0.379 e. The first-order valence-corrected chi connectivity index (χ1v) is 5.92. The second kappa shape index (κ2) is 4.52. The second-order valence-corrected chi connectivity index (χ2v) is 4.83. The molecule has 0 radical (unpaired) electrons. The van der Waals surface area contributed by atoms with Crippen molar-refractivity contribution in [3.8, 4) is 6.07 Å². The van der Waals surface area contributed by atoms with Gasteiger partial charge in [-0.3, -0.25) is 0 Å². The van der Waals surface area contributed by atoms with Crippen LogP contribution in [0.25, 0.3) is 0 Å². The van der Waals surface area contributed by atoms with Crippen molar-refractivity contribution in [2.45, 2.75) is 18.3 Å². The van der Waals surface area contributed by atoms with E-state index in [-0.39, 0.29) is 5.82 Å². The highest BCUT2D eigenvalue weighted by Crippen LogP contribution is 2.34. The van der Waals surface area contributed by atoms with Gasteiger partial charge in [-0.1, -0.05) is 6.07 Å². The maximum atomic E-state index is 13.1.